The van der Waals surface area contributed by atoms with E-state index in [1.165, 1.54) is 6.33 Å². The van der Waals surface area contributed by atoms with E-state index in [4.69, 9.17) is 18.9 Å². The van der Waals surface area contributed by atoms with E-state index in [9.17, 15) is 9.59 Å². The number of carbonyl (C=O) groups excluding carboxylic acids is 2. The van der Waals surface area contributed by atoms with Crippen LogP contribution in [0.15, 0.2) is 61.2 Å². The van der Waals surface area contributed by atoms with Gasteiger partial charge in [-0.2, -0.15) is 0 Å². The highest BCUT2D eigenvalue weighted by Gasteiger charge is 2.56. The van der Waals surface area contributed by atoms with E-state index in [1.807, 2.05) is 19.9 Å². The Balaban J connectivity index is 1.18. The van der Waals surface area contributed by atoms with E-state index in [1.54, 1.807) is 53.4 Å². The fraction of sp³-hybridized carbons (Fsp3) is 0.310. The smallest absolute Gasteiger partial charge is 0.256 e. The third-order valence-electron chi connectivity index (χ3n) is 6.59. The number of rotatable bonds is 7. The van der Waals surface area contributed by atoms with Gasteiger partial charge in [0.25, 0.3) is 5.91 Å². The Kier molecular flexibility index (Phi) is 7.25. The van der Waals surface area contributed by atoms with Gasteiger partial charge >= 0.3 is 0 Å². The molecule has 1 aromatic carbocycles. The number of fused-ring (bicyclic) bond motifs is 2. The summed E-state index contributed by atoms with van der Waals surface area (Å²) in [5, 5.41) is 2.81. The predicted octanol–water partition coefficient (Wildman–Crippen LogP) is 2.77. The van der Waals surface area contributed by atoms with Crippen LogP contribution in [0.2, 0.25) is 0 Å². The maximum Gasteiger partial charge on any atom is 0.256 e. The number of imidazole rings is 1. The van der Waals surface area contributed by atoms with Crippen molar-refractivity contribution >= 4 is 29.2 Å². The monoisotopic (exact) mass is 554 g/mol. The number of pyridine rings is 1. The minimum atomic E-state index is -0.828. The molecule has 12 nitrogen and oxygen atoms in total. The summed E-state index contributed by atoms with van der Waals surface area (Å²) in [6, 6.07) is 13.9. The topological polar surface area (TPSA) is 140 Å². The van der Waals surface area contributed by atoms with Crippen LogP contribution < -0.4 is 5.32 Å². The largest absolute Gasteiger partial charge is 0.366 e. The van der Waals surface area contributed by atoms with Crippen LogP contribution in [-0.4, -0.2) is 74.0 Å². The number of aromatic nitrogens is 5. The lowest BCUT2D eigenvalue weighted by Crippen LogP contribution is -2.33. The van der Waals surface area contributed by atoms with Crippen molar-refractivity contribution in [2.75, 3.05) is 18.5 Å². The van der Waals surface area contributed by atoms with Crippen molar-refractivity contribution < 1.29 is 28.5 Å². The number of aldehydes is 1. The Hall–Kier alpha value is -4.54. The lowest BCUT2D eigenvalue weighted by molar-refractivity contribution is -0.201. The molecule has 41 heavy (non-hydrogen) atoms. The molecule has 0 saturated carbocycles. The summed E-state index contributed by atoms with van der Waals surface area (Å²) in [4.78, 5) is 40.9. The molecular weight excluding hydrogens is 528 g/mol. The minimum Gasteiger partial charge on any atom is -0.366 e. The summed E-state index contributed by atoms with van der Waals surface area (Å²) < 4.78 is 26.3. The predicted molar refractivity (Wildman–Crippen MR) is 145 cm³/mol. The maximum absolute atomic E-state index is 12.7. The Labute approximate surface area is 235 Å². The molecule has 4 aromatic rings. The molecule has 208 valence electrons. The molecule has 0 radical (unpaired) electrons. The van der Waals surface area contributed by atoms with E-state index in [0.29, 0.717) is 34.4 Å². The lowest BCUT2D eigenvalue weighted by Gasteiger charge is -2.24. The number of hydrogen-bond acceptors (Lipinski definition) is 10. The standard InChI is InChI=1S/C29H26N6O6/c1-29(2)40-23-21(15-38-13-7-12-19-10-6-11-20(14-36)33-19)39-28(24(23)41-29)35-17-32-22-25(30-16-31-26(22)35)34-27(37)18-8-4-3-5-9-18/h3-6,8-11,14,16-17,21,23-24,28H,13,15H2,1-2H3,(H,30,31,34,37)/t21-,23-,24-,28-/m1/s1. The maximum atomic E-state index is 12.7. The minimum absolute atomic E-state index is 0.130. The molecule has 1 N–H and O–H groups in total. The van der Waals surface area contributed by atoms with Gasteiger partial charge in [-0.3, -0.25) is 14.2 Å². The lowest BCUT2D eigenvalue weighted by atomic mass is 10.1. The number of hydrogen-bond donors (Lipinski definition) is 1. The van der Waals surface area contributed by atoms with Crippen molar-refractivity contribution in [1.82, 2.24) is 24.5 Å². The van der Waals surface area contributed by atoms with Gasteiger partial charge in [0.15, 0.2) is 35.3 Å². The number of amides is 1. The van der Waals surface area contributed by atoms with Crippen LogP contribution >= 0.6 is 0 Å². The van der Waals surface area contributed by atoms with Gasteiger partial charge in [-0.05, 0) is 44.0 Å². The third kappa shape index (κ3) is 5.57. The van der Waals surface area contributed by atoms with Crippen LogP contribution in [0.5, 0.6) is 0 Å². The fourth-order valence-corrected chi connectivity index (χ4v) is 4.86. The summed E-state index contributed by atoms with van der Waals surface area (Å²) in [7, 11) is 0. The highest BCUT2D eigenvalue weighted by molar-refractivity contribution is 6.06. The van der Waals surface area contributed by atoms with E-state index < -0.39 is 30.3 Å². The summed E-state index contributed by atoms with van der Waals surface area (Å²) in [6.45, 7) is 4.02. The van der Waals surface area contributed by atoms with Crippen molar-refractivity contribution in [3.63, 3.8) is 0 Å². The second kappa shape index (κ2) is 11.1. The number of carbonyl (C=O) groups is 2. The van der Waals surface area contributed by atoms with Crippen molar-refractivity contribution in [2.24, 2.45) is 0 Å². The number of nitrogens with zero attached hydrogens (tertiary/aromatic N) is 5. The number of benzene rings is 1. The summed E-state index contributed by atoms with van der Waals surface area (Å²) in [5.41, 5.74) is 2.18. The number of ether oxygens (including phenoxy) is 4. The molecule has 1 amide bonds. The van der Waals surface area contributed by atoms with Crippen LogP contribution in [0.4, 0.5) is 5.82 Å². The van der Waals surface area contributed by atoms with Gasteiger partial charge in [-0.25, -0.2) is 19.9 Å². The third-order valence-corrected chi connectivity index (χ3v) is 6.59. The molecule has 5 heterocycles. The van der Waals surface area contributed by atoms with Crippen molar-refractivity contribution in [3.05, 3.63) is 78.1 Å². The molecule has 4 atom stereocenters. The molecule has 0 spiro atoms. The molecule has 2 aliphatic heterocycles. The average Bonchev–Trinajstić information content (AvgIpc) is 3.64. The first-order valence-corrected chi connectivity index (χ1v) is 13.0. The van der Waals surface area contributed by atoms with E-state index in [2.05, 4.69) is 37.1 Å². The summed E-state index contributed by atoms with van der Waals surface area (Å²) in [6.07, 6.45) is 1.68. The molecular formula is C29H26N6O6. The Morgan fingerprint density at radius 3 is 2.76 bits per heavy atom. The van der Waals surface area contributed by atoms with Crippen molar-refractivity contribution in [2.45, 2.75) is 44.2 Å². The van der Waals surface area contributed by atoms with Crippen molar-refractivity contribution in [3.8, 4) is 11.8 Å². The molecule has 6 rings (SSSR count). The number of nitrogens with one attached hydrogen (secondary N) is 1. The average molecular weight is 555 g/mol. The van der Waals surface area contributed by atoms with Gasteiger partial charge in [-0.15, -0.1) is 0 Å². The molecule has 3 aromatic heterocycles. The molecule has 0 unspecified atom stereocenters. The Morgan fingerprint density at radius 2 is 1.93 bits per heavy atom. The molecule has 0 aliphatic carbocycles. The van der Waals surface area contributed by atoms with Gasteiger partial charge < -0.3 is 24.3 Å². The zero-order chi connectivity index (χ0) is 28.4. The van der Waals surface area contributed by atoms with E-state index in [-0.39, 0.29) is 24.9 Å². The van der Waals surface area contributed by atoms with Gasteiger partial charge in [0, 0.05) is 5.56 Å². The Morgan fingerprint density at radius 1 is 1.10 bits per heavy atom. The van der Waals surface area contributed by atoms with Gasteiger partial charge in [0.1, 0.15) is 42.6 Å². The molecule has 12 heteroatoms. The number of anilines is 1. The zero-order valence-corrected chi connectivity index (χ0v) is 22.3. The van der Waals surface area contributed by atoms with Crippen LogP contribution in [0, 0.1) is 11.8 Å². The van der Waals surface area contributed by atoms with Crippen LogP contribution in [0.1, 0.15) is 46.6 Å². The normalized spacial score (nSPS) is 22.6. The van der Waals surface area contributed by atoms with E-state index in [0.717, 1.165) is 0 Å². The molecule has 2 fully saturated rings. The second-order valence-corrected chi connectivity index (χ2v) is 9.88. The second-order valence-electron chi connectivity index (χ2n) is 9.88. The van der Waals surface area contributed by atoms with Gasteiger partial charge in [0.2, 0.25) is 0 Å². The van der Waals surface area contributed by atoms with Crippen LogP contribution in [0.25, 0.3) is 11.2 Å². The summed E-state index contributed by atoms with van der Waals surface area (Å²) >= 11 is 0. The van der Waals surface area contributed by atoms with Crippen LogP contribution in [-0.2, 0) is 18.9 Å². The Bertz CT molecular complexity index is 1650. The molecule has 2 saturated heterocycles. The zero-order valence-electron chi connectivity index (χ0n) is 22.3. The first-order chi connectivity index (χ1) is 19.9. The SMILES string of the molecule is CC1(C)O[C@@H]2[C@H](O1)[C@@H](COCC#Cc1cccc(C=O)n1)O[C@H]2n1cnc2c(NC(=O)c3ccccc3)ncnc21. The first kappa shape index (κ1) is 26.7. The highest BCUT2D eigenvalue weighted by Crippen LogP contribution is 2.44. The first-order valence-electron chi connectivity index (χ1n) is 13.0. The van der Waals surface area contributed by atoms with Gasteiger partial charge in [0.05, 0.1) is 12.9 Å². The molecule has 0 bridgehead atoms. The van der Waals surface area contributed by atoms with Crippen LogP contribution in [0.3, 0.4) is 0 Å². The molecule has 2 aliphatic rings. The van der Waals surface area contributed by atoms with Crippen molar-refractivity contribution in [1.29, 1.82) is 0 Å². The summed E-state index contributed by atoms with van der Waals surface area (Å²) in [5.74, 6) is 4.94. The fourth-order valence-electron chi connectivity index (χ4n) is 4.86. The van der Waals surface area contributed by atoms with E-state index >= 15 is 0 Å². The highest BCUT2D eigenvalue weighted by atomic mass is 16.8. The quantitative estimate of drug-likeness (QED) is 0.206. The van der Waals surface area contributed by atoms with Gasteiger partial charge in [-0.1, -0.05) is 30.2 Å².